The molecule has 0 unspecified atom stereocenters. The Balaban J connectivity index is 1.56. The maximum atomic E-state index is 10.6. The molecule has 0 fully saturated rings. The van der Waals surface area contributed by atoms with E-state index in [4.69, 9.17) is 4.74 Å². The van der Waals surface area contributed by atoms with Crippen LogP contribution < -0.4 is 4.74 Å². The Kier molecular flexibility index (Phi) is 5.30. The quantitative estimate of drug-likeness (QED) is 0.395. The summed E-state index contributed by atoms with van der Waals surface area (Å²) in [5.74, 6) is 2.26. The second-order valence-electron chi connectivity index (χ2n) is 5.30. The molecular formula is C17H16N4O3S. The summed E-state index contributed by atoms with van der Waals surface area (Å²) in [6.07, 6.45) is 0.662. The summed E-state index contributed by atoms with van der Waals surface area (Å²) in [6, 6.07) is 14.3. The number of nitro benzene ring substituents is 1. The number of hydrogen-bond donors (Lipinski definition) is 1. The molecule has 25 heavy (non-hydrogen) atoms. The molecule has 128 valence electrons. The zero-order chi connectivity index (χ0) is 17.6. The smallest absolute Gasteiger partial charge is 0.269 e. The Morgan fingerprint density at radius 1 is 1.12 bits per heavy atom. The van der Waals surface area contributed by atoms with Gasteiger partial charge in [0.2, 0.25) is 5.16 Å². The SMILES string of the molecule is COc1ccc(Cc2nc(SCc3ccc([N+](=O)[O-])cc3)n[nH]2)cc1. The summed E-state index contributed by atoms with van der Waals surface area (Å²) in [5.41, 5.74) is 2.19. The average Bonchev–Trinajstić information content (AvgIpc) is 3.08. The zero-order valence-corrected chi connectivity index (χ0v) is 14.3. The fourth-order valence-corrected chi connectivity index (χ4v) is 2.99. The minimum absolute atomic E-state index is 0.0911. The van der Waals surface area contributed by atoms with E-state index in [0.717, 1.165) is 22.7 Å². The van der Waals surface area contributed by atoms with Crippen LogP contribution >= 0.6 is 11.8 Å². The van der Waals surface area contributed by atoms with Crippen LogP contribution in [0.15, 0.2) is 53.7 Å². The van der Waals surface area contributed by atoms with Gasteiger partial charge in [0.1, 0.15) is 11.6 Å². The lowest BCUT2D eigenvalue weighted by atomic mass is 10.1. The number of rotatable bonds is 7. The van der Waals surface area contributed by atoms with Crippen LogP contribution in [0.2, 0.25) is 0 Å². The second kappa shape index (κ2) is 7.80. The van der Waals surface area contributed by atoms with Crippen molar-refractivity contribution in [2.75, 3.05) is 7.11 Å². The van der Waals surface area contributed by atoms with Crippen molar-refractivity contribution in [2.24, 2.45) is 0 Å². The van der Waals surface area contributed by atoms with Crippen molar-refractivity contribution in [2.45, 2.75) is 17.3 Å². The second-order valence-corrected chi connectivity index (χ2v) is 6.24. The van der Waals surface area contributed by atoms with E-state index in [1.54, 1.807) is 19.2 Å². The van der Waals surface area contributed by atoms with Crippen molar-refractivity contribution in [3.63, 3.8) is 0 Å². The molecule has 3 rings (SSSR count). The molecule has 0 amide bonds. The van der Waals surface area contributed by atoms with Crippen LogP contribution in [0.25, 0.3) is 0 Å². The molecular weight excluding hydrogens is 340 g/mol. The minimum atomic E-state index is -0.405. The van der Waals surface area contributed by atoms with Gasteiger partial charge in [-0.3, -0.25) is 15.2 Å². The van der Waals surface area contributed by atoms with Crippen LogP contribution in [-0.2, 0) is 12.2 Å². The molecule has 8 heteroatoms. The first-order chi connectivity index (χ1) is 12.1. The van der Waals surface area contributed by atoms with Crippen LogP contribution in [0.1, 0.15) is 17.0 Å². The molecule has 3 aromatic rings. The van der Waals surface area contributed by atoms with Crippen molar-refractivity contribution in [3.8, 4) is 5.75 Å². The molecule has 7 nitrogen and oxygen atoms in total. The highest BCUT2D eigenvalue weighted by atomic mass is 32.2. The average molecular weight is 356 g/mol. The van der Waals surface area contributed by atoms with Crippen molar-refractivity contribution in [3.05, 3.63) is 75.6 Å². The molecule has 0 aliphatic heterocycles. The highest BCUT2D eigenvalue weighted by Crippen LogP contribution is 2.21. The van der Waals surface area contributed by atoms with Crippen molar-refractivity contribution in [1.29, 1.82) is 0 Å². The third kappa shape index (κ3) is 4.57. The van der Waals surface area contributed by atoms with Gasteiger partial charge in [-0.25, -0.2) is 4.98 Å². The highest BCUT2D eigenvalue weighted by molar-refractivity contribution is 7.98. The predicted molar refractivity (Wildman–Crippen MR) is 94.8 cm³/mol. The molecule has 1 N–H and O–H groups in total. The minimum Gasteiger partial charge on any atom is -0.497 e. The molecule has 1 aromatic heterocycles. The van der Waals surface area contributed by atoms with Gasteiger partial charge in [-0.05, 0) is 23.3 Å². The number of nitrogens with one attached hydrogen (secondary N) is 1. The third-order valence-corrected chi connectivity index (χ3v) is 4.48. The lowest BCUT2D eigenvalue weighted by molar-refractivity contribution is -0.384. The number of nitrogens with zero attached hydrogens (tertiary/aromatic N) is 3. The number of non-ortho nitro benzene ring substituents is 1. The van der Waals surface area contributed by atoms with Gasteiger partial charge in [0.15, 0.2) is 0 Å². The van der Waals surface area contributed by atoms with Crippen LogP contribution in [0.5, 0.6) is 5.75 Å². The lowest BCUT2D eigenvalue weighted by Crippen LogP contribution is -1.91. The largest absolute Gasteiger partial charge is 0.497 e. The first kappa shape index (κ1) is 17.0. The number of nitro groups is 1. The standard InChI is InChI=1S/C17H16N4O3S/c1-24-15-8-4-12(5-9-15)10-16-18-17(20-19-16)25-11-13-2-6-14(7-3-13)21(22)23/h2-9H,10-11H2,1H3,(H,18,19,20). The number of H-pyrrole nitrogens is 1. The summed E-state index contributed by atoms with van der Waals surface area (Å²) < 4.78 is 5.14. The Hall–Kier alpha value is -2.87. The van der Waals surface area contributed by atoms with Crippen LogP contribution in [0, 0.1) is 10.1 Å². The zero-order valence-electron chi connectivity index (χ0n) is 13.5. The Morgan fingerprint density at radius 2 is 1.80 bits per heavy atom. The lowest BCUT2D eigenvalue weighted by Gasteiger charge is -2.01. The Labute approximate surface area is 148 Å². The van der Waals surface area contributed by atoms with E-state index in [0.29, 0.717) is 17.3 Å². The number of benzene rings is 2. The van der Waals surface area contributed by atoms with Crippen molar-refractivity contribution < 1.29 is 9.66 Å². The molecule has 0 bridgehead atoms. The first-order valence-electron chi connectivity index (χ1n) is 7.54. The number of hydrogen-bond acceptors (Lipinski definition) is 6. The molecule has 0 radical (unpaired) electrons. The van der Waals surface area contributed by atoms with E-state index in [2.05, 4.69) is 15.2 Å². The van der Waals surface area contributed by atoms with E-state index < -0.39 is 4.92 Å². The number of methoxy groups -OCH3 is 1. The first-order valence-corrected chi connectivity index (χ1v) is 8.53. The normalized spacial score (nSPS) is 10.6. The summed E-state index contributed by atoms with van der Waals surface area (Å²) in [4.78, 5) is 14.7. The third-order valence-electron chi connectivity index (χ3n) is 3.56. The van der Waals surface area contributed by atoms with Gasteiger partial charge in [-0.1, -0.05) is 36.0 Å². The number of thioether (sulfide) groups is 1. The topological polar surface area (TPSA) is 93.9 Å². The van der Waals surface area contributed by atoms with Crippen LogP contribution in [0.3, 0.4) is 0 Å². The van der Waals surface area contributed by atoms with Gasteiger partial charge in [0.25, 0.3) is 5.69 Å². The monoisotopic (exact) mass is 356 g/mol. The van der Waals surface area contributed by atoms with Crippen molar-refractivity contribution in [1.82, 2.24) is 15.2 Å². The Morgan fingerprint density at radius 3 is 2.44 bits per heavy atom. The van der Waals surface area contributed by atoms with Gasteiger partial charge < -0.3 is 4.74 Å². The fraction of sp³-hybridized carbons (Fsp3) is 0.176. The van der Waals surface area contributed by atoms with Crippen LogP contribution in [0.4, 0.5) is 5.69 Å². The number of aromatic amines is 1. The van der Waals surface area contributed by atoms with Crippen molar-refractivity contribution >= 4 is 17.4 Å². The molecule has 0 saturated heterocycles. The number of aromatic nitrogens is 3. The maximum Gasteiger partial charge on any atom is 0.269 e. The summed E-state index contributed by atoms with van der Waals surface area (Å²) >= 11 is 1.48. The molecule has 0 aliphatic rings. The van der Waals surface area contributed by atoms with Gasteiger partial charge >= 0.3 is 0 Å². The molecule has 1 heterocycles. The van der Waals surface area contributed by atoms with E-state index in [1.807, 2.05) is 24.3 Å². The molecule has 0 aliphatic carbocycles. The van der Waals surface area contributed by atoms with Gasteiger partial charge in [-0.2, -0.15) is 0 Å². The van der Waals surface area contributed by atoms with E-state index >= 15 is 0 Å². The van der Waals surface area contributed by atoms with E-state index in [-0.39, 0.29) is 5.69 Å². The van der Waals surface area contributed by atoms with Gasteiger partial charge in [0, 0.05) is 24.3 Å². The highest BCUT2D eigenvalue weighted by Gasteiger charge is 2.07. The summed E-state index contributed by atoms with van der Waals surface area (Å²) in [5, 5.41) is 18.4. The summed E-state index contributed by atoms with van der Waals surface area (Å²) in [6.45, 7) is 0. The fourth-order valence-electron chi connectivity index (χ4n) is 2.22. The summed E-state index contributed by atoms with van der Waals surface area (Å²) in [7, 11) is 1.64. The molecule has 0 saturated carbocycles. The molecule has 0 atom stereocenters. The molecule has 2 aromatic carbocycles. The van der Waals surface area contributed by atoms with Gasteiger partial charge in [0.05, 0.1) is 12.0 Å². The van der Waals surface area contributed by atoms with E-state index in [1.165, 1.54) is 23.9 Å². The predicted octanol–water partition coefficient (Wildman–Crippen LogP) is 3.60. The number of ether oxygens (including phenoxy) is 1. The molecule has 0 spiro atoms. The maximum absolute atomic E-state index is 10.6. The van der Waals surface area contributed by atoms with Gasteiger partial charge in [-0.15, -0.1) is 5.10 Å². The Bertz CT molecular complexity index is 847. The van der Waals surface area contributed by atoms with Crippen LogP contribution in [-0.4, -0.2) is 27.2 Å². The van der Waals surface area contributed by atoms with E-state index in [9.17, 15) is 10.1 Å².